The summed E-state index contributed by atoms with van der Waals surface area (Å²) in [6.45, 7) is 1.96. The Morgan fingerprint density at radius 1 is 1.37 bits per heavy atom. The standard InChI is InChI=1S/C13H18N2O3S/c1-2-3-13(16)9-15-19(17,18)10-12-6-4-11(8-14)5-7-12/h4-7,13,15-16H,2-3,9-10H2,1H3. The van der Waals surface area contributed by atoms with Crippen LogP contribution < -0.4 is 4.72 Å². The summed E-state index contributed by atoms with van der Waals surface area (Å²) in [5.74, 6) is -0.155. The Kier molecular flexibility index (Phi) is 5.96. The summed E-state index contributed by atoms with van der Waals surface area (Å²) in [5.41, 5.74) is 1.10. The van der Waals surface area contributed by atoms with Gasteiger partial charge >= 0.3 is 0 Å². The predicted molar refractivity (Wildman–Crippen MR) is 72.7 cm³/mol. The highest BCUT2D eigenvalue weighted by atomic mass is 32.2. The second-order valence-electron chi connectivity index (χ2n) is 4.36. The van der Waals surface area contributed by atoms with Gasteiger partial charge in [0.15, 0.2) is 0 Å². The first-order valence-corrected chi connectivity index (χ1v) is 7.76. The van der Waals surface area contributed by atoms with E-state index in [1.165, 1.54) is 0 Å². The van der Waals surface area contributed by atoms with Crippen LogP contribution in [-0.2, 0) is 15.8 Å². The fourth-order valence-corrected chi connectivity index (χ4v) is 2.78. The van der Waals surface area contributed by atoms with Gasteiger partial charge < -0.3 is 5.11 Å². The smallest absolute Gasteiger partial charge is 0.215 e. The number of aliphatic hydroxyl groups excluding tert-OH is 1. The Hall–Kier alpha value is -1.42. The lowest BCUT2D eigenvalue weighted by Crippen LogP contribution is -2.32. The molecule has 1 atom stereocenters. The zero-order valence-electron chi connectivity index (χ0n) is 10.8. The Labute approximate surface area is 113 Å². The van der Waals surface area contributed by atoms with Gasteiger partial charge in [0.2, 0.25) is 10.0 Å². The SMILES string of the molecule is CCCC(O)CNS(=O)(=O)Cc1ccc(C#N)cc1. The van der Waals surface area contributed by atoms with Crippen molar-refractivity contribution in [2.45, 2.75) is 31.6 Å². The highest BCUT2D eigenvalue weighted by molar-refractivity contribution is 7.88. The number of hydrogen-bond donors (Lipinski definition) is 2. The van der Waals surface area contributed by atoms with Gasteiger partial charge in [-0.3, -0.25) is 0 Å². The van der Waals surface area contributed by atoms with Crippen LogP contribution in [0.2, 0.25) is 0 Å². The quantitative estimate of drug-likeness (QED) is 0.784. The number of hydrogen-bond acceptors (Lipinski definition) is 4. The van der Waals surface area contributed by atoms with Crippen molar-refractivity contribution in [2.75, 3.05) is 6.54 Å². The van der Waals surface area contributed by atoms with Crippen LogP contribution in [0.5, 0.6) is 0 Å². The van der Waals surface area contributed by atoms with Crippen LogP contribution in [0, 0.1) is 11.3 Å². The molecular weight excluding hydrogens is 264 g/mol. The largest absolute Gasteiger partial charge is 0.392 e. The lowest BCUT2D eigenvalue weighted by atomic mass is 10.2. The normalized spacial score (nSPS) is 12.9. The summed E-state index contributed by atoms with van der Waals surface area (Å²) >= 11 is 0. The third kappa shape index (κ3) is 5.83. The molecule has 5 nitrogen and oxygen atoms in total. The average molecular weight is 282 g/mol. The summed E-state index contributed by atoms with van der Waals surface area (Å²) < 4.78 is 25.9. The molecule has 1 rings (SSSR count). The summed E-state index contributed by atoms with van der Waals surface area (Å²) in [5, 5.41) is 18.1. The second-order valence-corrected chi connectivity index (χ2v) is 6.17. The lowest BCUT2D eigenvalue weighted by Gasteiger charge is -2.11. The molecular formula is C13H18N2O3S. The van der Waals surface area contributed by atoms with E-state index in [-0.39, 0.29) is 12.3 Å². The molecule has 0 aliphatic heterocycles. The van der Waals surface area contributed by atoms with Crippen LogP contribution >= 0.6 is 0 Å². The monoisotopic (exact) mass is 282 g/mol. The fraction of sp³-hybridized carbons (Fsp3) is 0.462. The molecule has 0 saturated heterocycles. The maximum Gasteiger partial charge on any atom is 0.215 e. The number of nitriles is 1. The van der Waals surface area contributed by atoms with Crippen LogP contribution in [0.15, 0.2) is 24.3 Å². The molecule has 0 aliphatic rings. The molecule has 0 saturated carbocycles. The van der Waals surface area contributed by atoms with E-state index in [1.807, 2.05) is 13.0 Å². The maximum absolute atomic E-state index is 11.8. The summed E-state index contributed by atoms with van der Waals surface area (Å²) in [6, 6.07) is 8.36. The van der Waals surface area contributed by atoms with Crippen molar-refractivity contribution in [3.8, 4) is 6.07 Å². The van der Waals surface area contributed by atoms with Gasteiger partial charge in [-0.15, -0.1) is 0 Å². The van der Waals surface area contributed by atoms with Gasteiger partial charge in [0.25, 0.3) is 0 Å². The van der Waals surface area contributed by atoms with Crippen molar-refractivity contribution in [3.05, 3.63) is 35.4 Å². The Balaban J connectivity index is 2.56. The summed E-state index contributed by atoms with van der Waals surface area (Å²) in [6.07, 6.45) is 0.721. The maximum atomic E-state index is 11.8. The van der Waals surface area contributed by atoms with Crippen LogP contribution in [0.3, 0.4) is 0 Å². The third-order valence-corrected chi connectivity index (χ3v) is 3.92. The zero-order chi connectivity index (χ0) is 14.3. The molecule has 6 heteroatoms. The second kappa shape index (κ2) is 7.24. The van der Waals surface area contributed by atoms with Gasteiger partial charge in [-0.25, -0.2) is 13.1 Å². The van der Waals surface area contributed by atoms with Crippen molar-refractivity contribution >= 4 is 10.0 Å². The highest BCUT2D eigenvalue weighted by Gasteiger charge is 2.13. The van der Waals surface area contributed by atoms with Gasteiger partial charge in [0.1, 0.15) is 0 Å². The van der Waals surface area contributed by atoms with Crippen LogP contribution in [0.1, 0.15) is 30.9 Å². The number of aliphatic hydroxyl groups is 1. The third-order valence-electron chi connectivity index (χ3n) is 2.60. The fourth-order valence-electron chi connectivity index (χ4n) is 1.60. The summed E-state index contributed by atoms with van der Waals surface area (Å²) in [7, 11) is -3.46. The molecule has 2 N–H and O–H groups in total. The minimum Gasteiger partial charge on any atom is -0.392 e. The van der Waals surface area contributed by atoms with Gasteiger partial charge in [0.05, 0.1) is 23.5 Å². The van der Waals surface area contributed by atoms with E-state index in [4.69, 9.17) is 5.26 Å². The first-order valence-electron chi connectivity index (χ1n) is 6.11. The van der Waals surface area contributed by atoms with Crippen LogP contribution in [-0.4, -0.2) is 26.2 Å². The average Bonchev–Trinajstić information content (AvgIpc) is 2.37. The van der Waals surface area contributed by atoms with Crippen molar-refractivity contribution in [1.82, 2.24) is 4.72 Å². The minimum absolute atomic E-state index is 0.0342. The first-order chi connectivity index (χ1) is 8.96. The van der Waals surface area contributed by atoms with Gasteiger partial charge in [-0.1, -0.05) is 25.5 Å². The van der Waals surface area contributed by atoms with E-state index in [2.05, 4.69) is 4.72 Å². The number of nitrogens with one attached hydrogen (secondary N) is 1. The molecule has 0 fully saturated rings. The Morgan fingerprint density at radius 3 is 2.53 bits per heavy atom. The van der Waals surface area contributed by atoms with Gasteiger partial charge in [0, 0.05) is 6.54 Å². The van der Waals surface area contributed by atoms with E-state index < -0.39 is 16.1 Å². The van der Waals surface area contributed by atoms with E-state index >= 15 is 0 Å². The molecule has 0 spiro atoms. The molecule has 1 unspecified atom stereocenters. The molecule has 0 aromatic heterocycles. The van der Waals surface area contributed by atoms with Gasteiger partial charge in [-0.05, 0) is 24.1 Å². The molecule has 0 radical (unpaired) electrons. The Bertz CT molecular complexity index is 532. The van der Waals surface area contributed by atoms with Crippen molar-refractivity contribution in [1.29, 1.82) is 5.26 Å². The van der Waals surface area contributed by atoms with E-state index in [0.29, 0.717) is 17.5 Å². The van der Waals surface area contributed by atoms with E-state index in [9.17, 15) is 13.5 Å². The van der Waals surface area contributed by atoms with Crippen LogP contribution in [0.25, 0.3) is 0 Å². The number of nitrogens with zero attached hydrogens (tertiary/aromatic N) is 1. The number of rotatable bonds is 7. The van der Waals surface area contributed by atoms with Crippen molar-refractivity contribution in [3.63, 3.8) is 0 Å². The molecule has 0 amide bonds. The van der Waals surface area contributed by atoms with Crippen molar-refractivity contribution < 1.29 is 13.5 Å². The van der Waals surface area contributed by atoms with E-state index in [0.717, 1.165) is 6.42 Å². The molecule has 104 valence electrons. The zero-order valence-corrected chi connectivity index (χ0v) is 11.7. The van der Waals surface area contributed by atoms with Crippen molar-refractivity contribution in [2.24, 2.45) is 0 Å². The first kappa shape index (κ1) is 15.6. The molecule has 0 aliphatic carbocycles. The minimum atomic E-state index is -3.46. The molecule has 1 aromatic rings. The molecule has 1 aromatic carbocycles. The van der Waals surface area contributed by atoms with Gasteiger partial charge in [-0.2, -0.15) is 5.26 Å². The molecule has 19 heavy (non-hydrogen) atoms. The van der Waals surface area contributed by atoms with Crippen LogP contribution in [0.4, 0.5) is 0 Å². The topological polar surface area (TPSA) is 90.2 Å². The number of benzene rings is 1. The van der Waals surface area contributed by atoms with E-state index in [1.54, 1.807) is 24.3 Å². The molecule has 0 heterocycles. The molecule has 0 bridgehead atoms. The lowest BCUT2D eigenvalue weighted by molar-refractivity contribution is 0.167. The highest BCUT2D eigenvalue weighted by Crippen LogP contribution is 2.07. The summed E-state index contributed by atoms with van der Waals surface area (Å²) in [4.78, 5) is 0. The number of sulfonamides is 1. The predicted octanol–water partition coefficient (Wildman–Crippen LogP) is 1.14. The Morgan fingerprint density at radius 2 is 2.00 bits per heavy atom.